The Kier molecular flexibility index (Phi) is 10.9. The Morgan fingerprint density at radius 3 is 2.13 bits per heavy atom. The molecule has 6 aromatic carbocycles. The fourth-order valence-corrected chi connectivity index (χ4v) is 13.2. The van der Waals surface area contributed by atoms with Crippen LogP contribution in [0.4, 0.5) is 0 Å². The zero-order valence-corrected chi connectivity index (χ0v) is 42.9. The van der Waals surface area contributed by atoms with Gasteiger partial charge < -0.3 is 4.42 Å². The minimum atomic E-state index is -0.0705. The number of fused-ring (bicyclic) bond motifs is 10. The van der Waals surface area contributed by atoms with Crippen LogP contribution in [0.3, 0.4) is 0 Å². The van der Waals surface area contributed by atoms with Gasteiger partial charge in [-0.1, -0.05) is 222 Å². The SMILES string of the molecule is C/C=C1\C(=C/C)c2ccc(C3C=c4oc5cc(B(c6ccc7c(c6)C(C)(C)c6ccccc6-7)C6C=CC(c7ccc8c(c7)-c7ccccc7C8)=CC6)ccc5c4=CC3)cc2C1(C)C.CC1(C)C=CC=CC1. The van der Waals surface area contributed by atoms with Crippen molar-refractivity contribution in [2.45, 2.75) is 104 Å². The highest BCUT2D eigenvalue weighted by Crippen LogP contribution is 2.51. The summed E-state index contributed by atoms with van der Waals surface area (Å²) in [5.74, 6) is 0.552. The molecule has 7 aromatic rings. The molecule has 1 heterocycles. The van der Waals surface area contributed by atoms with Crippen molar-refractivity contribution in [1.29, 1.82) is 0 Å². The lowest BCUT2D eigenvalue weighted by atomic mass is 9.32. The highest BCUT2D eigenvalue weighted by atomic mass is 16.3. The van der Waals surface area contributed by atoms with Gasteiger partial charge in [0.1, 0.15) is 11.0 Å². The summed E-state index contributed by atoms with van der Waals surface area (Å²) >= 11 is 0. The van der Waals surface area contributed by atoms with E-state index in [2.05, 4.69) is 244 Å². The maximum Gasteiger partial charge on any atom is 0.216 e. The summed E-state index contributed by atoms with van der Waals surface area (Å²) in [4.78, 5) is 0. The van der Waals surface area contributed by atoms with Crippen LogP contribution in [-0.4, -0.2) is 6.71 Å². The largest absolute Gasteiger partial charge is 0.456 e. The van der Waals surface area contributed by atoms with E-state index in [0.29, 0.717) is 5.41 Å². The Labute approximate surface area is 422 Å². The molecule has 1 aromatic heterocycles. The molecule has 0 radical (unpaired) electrons. The Morgan fingerprint density at radius 1 is 0.620 bits per heavy atom. The lowest BCUT2D eigenvalue weighted by molar-refractivity contribution is 0.484. The Hall–Kier alpha value is -6.90. The Morgan fingerprint density at radius 2 is 1.37 bits per heavy atom. The van der Waals surface area contributed by atoms with E-state index < -0.39 is 0 Å². The lowest BCUT2D eigenvalue weighted by Crippen LogP contribution is -2.46. The molecule has 13 rings (SSSR count). The first-order valence-electron chi connectivity index (χ1n) is 26.2. The fourth-order valence-electron chi connectivity index (χ4n) is 13.2. The zero-order valence-electron chi connectivity index (χ0n) is 42.9. The minimum absolute atomic E-state index is 0.0182. The van der Waals surface area contributed by atoms with Crippen molar-refractivity contribution < 1.29 is 4.42 Å². The number of benzene rings is 6. The van der Waals surface area contributed by atoms with Crippen molar-refractivity contribution in [1.82, 2.24) is 0 Å². The van der Waals surface area contributed by atoms with Crippen molar-refractivity contribution in [3.8, 4) is 22.3 Å². The molecule has 6 aliphatic carbocycles. The summed E-state index contributed by atoms with van der Waals surface area (Å²) in [6.45, 7) is 18.5. The van der Waals surface area contributed by atoms with Crippen LogP contribution in [0.2, 0.25) is 5.82 Å². The van der Waals surface area contributed by atoms with Crippen LogP contribution in [0.5, 0.6) is 0 Å². The summed E-state index contributed by atoms with van der Waals surface area (Å²) in [6.07, 6.45) is 29.6. The van der Waals surface area contributed by atoms with Gasteiger partial charge in [0.05, 0.1) is 0 Å². The standard InChI is InChI=1S/C61H53BO.C8H12/c1-7-46-49-27-21-39(33-56(49)60(3,4)54(46)8-2)40-22-28-51-52-30-26-45(36-59(52)63-58(51)34-40)62(44-25-29-50-48-15-11-12-16-55(48)61(5,6)57(50)35-44)43-23-19-37(20-24-43)38-17-18-42-31-41-13-9-10-14-47(41)53(42)32-38;1-8(2)6-4-3-5-7-8/h7-21,23,25-30,32-36,40,43H,22,24,31H2,1-6H3;3-6H,7H2,1-2H3/b46-7-,54-8+;. The maximum atomic E-state index is 6.91. The molecule has 0 aliphatic heterocycles. The van der Waals surface area contributed by atoms with Crippen LogP contribution < -0.4 is 21.6 Å². The van der Waals surface area contributed by atoms with Crippen molar-refractivity contribution in [2.24, 2.45) is 5.41 Å². The molecule has 0 fully saturated rings. The normalized spacial score (nSPS) is 21.0. The first-order chi connectivity index (χ1) is 34.3. The predicted molar refractivity (Wildman–Crippen MR) is 305 cm³/mol. The number of rotatable bonds is 5. The monoisotopic (exact) mass is 921 g/mol. The summed E-state index contributed by atoms with van der Waals surface area (Å²) in [7, 11) is 0. The van der Waals surface area contributed by atoms with Crippen molar-refractivity contribution >= 4 is 51.9 Å². The second-order valence-corrected chi connectivity index (χ2v) is 22.7. The molecule has 350 valence electrons. The van der Waals surface area contributed by atoms with E-state index >= 15 is 0 Å². The molecule has 0 bridgehead atoms. The van der Waals surface area contributed by atoms with Crippen molar-refractivity contribution in [3.63, 3.8) is 0 Å². The van der Waals surface area contributed by atoms with E-state index in [1.807, 2.05) is 0 Å². The van der Waals surface area contributed by atoms with Gasteiger partial charge in [0.2, 0.25) is 6.71 Å². The highest BCUT2D eigenvalue weighted by molar-refractivity contribution is 6.87. The summed E-state index contributed by atoms with van der Waals surface area (Å²) in [6, 6.07) is 46.6. The van der Waals surface area contributed by atoms with E-state index in [9.17, 15) is 0 Å². The van der Waals surface area contributed by atoms with Gasteiger partial charge in [-0.25, -0.2) is 0 Å². The van der Waals surface area contributed by atoms with Gasteiger partial charge in [-0.05, 0) is 152 Å². The topological polar surface area (TPSA) is 13.1 Å². The molecule has 1 nitrogen and oxygen atoms in total. The third-order valence-electron chi connectivity index (χ3n) is 17.1. The molecule has 71 heavy (non-hydrogen) atoms. The van der Waals surface area contributed by atoms with Crippen molar-refractivity contribution in [2.75, 3.05) is 0 Å². The van der Waals surface area contributed by atoms with Crippen LogP contribution in [-0.2, 0) is 17.3 Å². The molecule has 2 heteroatoms. The number of hydrogen-bond acceptors (Lipinski definition) is 1. The van der Waals surface area contributed by atoms with E-state index in [1.54, 1.807) is 0 Å². The van der Waals surface area contributed by atoms with Crippen molar-refractivity contribution in [3.05, 3.63) is 237 Å². The predicted octanol–water partition coefficient (Wildman–Crippen LogP) is 15.3. The lowest BCUT2D eigenvalue weighted by Gasteiger charge is -2.27. The summed E-state index contributed by atoms with van der Waals surface area (Å²) < 4.78 is 6.91. The Balaban J connectivity index is 0.000000591. The van der Waals surface area contributed by atoms with Crippen LogP contribution in [0.25, 0.3) is 56.5 Å². The first-order valence-corrected chi connectivity index (χ1v) is 26.2. The molecule has 0 saturated carbocycles. The first kappa shape index (κ1) is 45.3. The van der Waals surface area contributed by atoms with Gasteiger partial charge in [0.25, 0.3) is 0 Å². The number of furan rings is 1. The van der Waals surface area contributed by atoms with Gasteiger partial charge in [-0.3, -0.25) is 0 Å². The van der Waals surface area contributed by atoms with E-state index in [4.69, 9.17) is 4.42 Å². The number of allylic oxidation sites excluding steroid dienone is 12. The van der Waals surface area contributed by atoms with E-state index in [1.165, 1.54) is 111 Å². The minimum Gasteiger partial charge on any atom is -0.456 e. The van der Waals surface area contributed by atoms with Crippen LogP contribution in [0.1, 0.15) is 125 Å². The Bertz CT molecular complexity index is 3660. The van der Waals surface area contributed by atoms with Crippen LogP contribution >= 0.6 is 0 Å². The molecule has 6 aliphatic rings. The van der Waals surface area contributed by atoms with Crippen LogP contribution in [0, 0.1) is 5.41 Å². The van der Waals surface area contributed by atoms with Gasteiger partial charge in [0.15, 0.2) is 0 Å². The van der Waals surface area contributed by atoms with Gasteiger partial charge in [0, 0.05) is 27.4 Å². The average Bonchev–Trinajstić information content (AvgIpc) is 4.07. The molecule has 2 atom stereocenters. The van der Waals surface area contributed by atoms with E-state index in [0.717, 1.165) is 30.3 Å². The third-order valence-corrected chi connectivity index (χ3v) is 17.1. The number of hydrogen-bond donors (Lipinski definition) is 0. The fraction of sp³-hybridized carbons (Fsp3) is 0.246. The smallest absolute Gasteiger partial charge is 0.216 e. The second-order valence-electron chi connectivity index (χ2n) is 22.7. The zero-order chi connectivity index (χ0) is 48.8. The second kappa shape index (κ2) is 17.2. The van der Waals surface area contributed by atoms with Gasteiger partial charge in [-0.2, -0.15) is 0 Å². The molecular formula is C69H65BO. The maximum absolute atomic E-state index is 6.91. The molecular weight excluding hydrogens is 856 g/mol. The average molecular weight is 921 g/mol. The van der Waals surface area contributed by atoms with Gasteiger partial charge >= 0.3 is 0 Å². The quantitative estimate of drug-likeness (QED) is 0.157. The van der Waals surface area contributed by atoms with Gasteiger partial charge in [-0.15, -0.1) is 0 Å². The molecule has 0 saturated heterocycles. The highest BCUT2D eigenvalue weighted by Gasteiger charge is 2.39. The summed E-state index contributed by atoms with van der Waals surface area (Å²) in [5.41, 5.74) is 25.7. The summed E-state index contributed by atoms with van der Waals surface area (Å²) in [5, 5.41) is 2.44. The molecule has 2 unspecified atom stereocenters. The van der Waals surface area contributed by atoms with Crippen LogP contribution in [0.15, 0.2) is 186 Å². The molecule has 0 amide bonds. The third kappa shape index (κ3) is 7.60. The molecule has 0 N–H and O–H groups in total. The molecule has 0 spiro atoms. The van der Waals surface area contributed by atoms with E-state index in [-0.39, 0.29) is 29.3 Å².